The maximum atomic E-state index is 2.64. The van der Waals surface area contributed by atoms with E-state index in [0.29, 0.717) is 6.04 Å². The van der Waals surface area contributed by atoms with Crippen LogP contribution < -0.4 is 4.90 Å². The third-order valence-corrected chi connectivity index (χ3v) is 4.58. The summed E-state index contributed by atoms with van der Waals surface area (Å²) in [4.78, 5) is 2.64. The van der Waals surface area contributed by atoms with Crippen LogP contribution in [-0.4, -0.2) is 6.04 Å². The quantitative estimate of drug-likeness (QED) is 0.727. The van der Waals surface area contributed by atoms with Crippen molar-refractivity contribution in [2.75, 3.05) is 4.90 Å². The van der Waals surface area contributed by atoms with E-state index >= 15 is 0 Å². The Kier molecular flexibility index (Phi) is 4.59. The minimum Gasteiger partial charge on any atom is -0.364 e. The van der Waals surface area contributed by atoms with E-state index in [9.17, 15) is 0 Å². The summed E-state index contributed by atoms with van der Waals surface area (Å²) in [5.41, 5.74) is 4.38. The maximum Gasteiger partial charge on any atom is 0.0432 e. The fraction of sp³-hybridized carbons (Fsp3) is 0.400. The zero-order chi connectivity index (χ0) is 14.5. The first-order valence-electron chi connectivity index (χ1n) is 8.27. The van der Waals surface area contributed by atoms with Crippen LogP contribution in [-0.2, 0) is 13.0 Å². The normalized spacial score (nSPS) is 17.6. The second-order valence-corrected chi connectivity index (χ2v) is 6.08. The molecule has 21 heavy (non-hydrogen) atoms. The van der Waals surface area contributed by atoms with Crippen LogP contribution in [0.2, 0.25) is 0 Å². The number of hydrogen-bond donors (Lipinski definition) is 0. The van der Waals surface area contributed by atoms with Gasteiger partial charge in [-0.2, -0.15) is 0 Å². The Labute approximate surface area is 128 Å². The zero-order valence-corrected chi connectivity index (χ0v) is 13.0. The molecule has 0 bridgehead atoms. The summed E-state index contributed by atoms with van der Waals surface area (Å²) in [6, 6.07) is 20.5. The number of unbranched alkanes of at least 4 members (excludes halogenated alkanes) is 1. The predicted octanol–water partition coefficient (Wildman–Crippen LogP) is 5.20. The molecule has 1 nitrogen and oxygen atoms in total. The van der Waals surface area contributed by atoms with Gasteiger partial charge in [0.25, 0.3) is 0 Å². The second kappa shape index (κ2) is 6.80. The van der Waals surface area contributed by atoms with Crippen LogP contribution in [0.3, 0.4) is 0 Å². The van der Waals surface area contributed by atoms with Crippen molar-refractivity contribution in [3.05, 3.63) is 65.7 Å². The van der Waals surface area contributed by atoms with Gasteiger partial charge in [0.05, 0.1) is 0 Å². The first-order valence-corrected chi connectivity index (χ1v) is 8.27. The Bertz CT molecular complexity index is 561. The molecule has 1 atom stereocenters. The summed E-state index contributed by atoms with van der Waals surface area (Å²) in [5.74, 6) is 0. The van der Waals surface area contributed by atoms with Gasteiger partial charge in [-0.15, -0.1) is 0 Å². The SMILES string of the molecule is CCCCC1CCc2ccccc2N1Cc1ccccc1. The van der Waals surface area contributed by atoms with Crippen molar-refractivity contribution >= 4 is 5.69 Å². The van der Waals surface area contributed by atoms with Crippen LogP contribution in [0.25, 0.3) is 0 Å². The van der Waals surface area contributed by atoms with E-state index in [4.69, 9.17) is 0 Å². The van der Waals surface area contributed by atoms with Crippen molar-refractivity contribution in [1.29, 1.82) is 0 Å². The Morgan fingerprint density at radius 3 is 2.57 bits per heavy atom. The molecule has 2 aromatic carbocycles. The summed E-state index contributed by atoms with van der Waals surface area (Å²) in [7, 11) is 0. The molecule has 0 radical (unpaired) electrons. The molecule has 3 rings (SSSR count). The highest BCUT2D eigenvalue weighted by Gasteiger charge is 2.25. The summed E-state index contributed by atoms with van der Waals surface area (Å²) >= 11 is 0. The molecule has 0 N–H and O–H groups in total. The summed E-state index contributed by atoms with van der Waals surface area (Å²) < 4.78 is 0. The molecule has 110 valence electrons. The minimum atomic E-state index is 0.694. The van der Waals surface area contributed by atoms with Crippen molar-refractivity contribution in [2.24, 2.45) is 0 Å². The molecule has 0 saturated heterocycles. The number of para-hydroxylation sites is 1. The Hall–Kier alpha value is -1.76. The van der Waals surface area contributed by atoms with Gasteiger partial charge in [-0.05, 0) is 36.5 Å². The molecular formula is C20H25N. The van der Waals surface area contributed by atoms with Crippen molar-refractivity contribution in [3.63, 3.8) is 0 Å². The Morgan fingerprint density at radius 2 is 1.76 bits per heavy atom. The van der Waals surface area contributed by atoms with E-state index in [2.05, 4.69) is 66.4 Å². The van der Waals surface area contributed by atoms with Crippen molar-refractivity contribution in [1.82, 2.24) is 0 Å². The zero-order valence-electron chi connectivity index (χ0n) is 13.0. The van der Waals surface area contributed by atoms with E-state index < -0.39 is 0 Å². The lowest BCUT2D eigenvalue weighted by molar-refractivity contribution is 0.477. The van der Waals surface area contributed by atoms with E-state index in [-0.39, 0.29) is 0 Å². The highest BCUT2D eigenvalue weighted by Crippen LogP contribution is 2.33. The molecule has 0 fully saturated rings. The van der Waals surface area contributed by atoms with Gasteiger partial charge >= 0.3 is 0 Å². The van der Waals surface area contributed by atoms with Crippen LogP contribution in [0.5, 0.6) is 0 Å². The summed E-state index contributed by atoms with van der Waals surface area (Å²) in [6.07, 6.45) is 6.47. The monoisotopic (exact) mass is 279 g/mol. The number of nitrogens with zero attached hydrogens (tertiary/aromatic N) is 1. The van der Waals surface area contributed by atoms with Gasteiger partial charge < -0.3 is 4.90 Å². The lowest BCUT2D eigenvalue weighted by atomic mass is 9.92. The first kappa shape index (κ1) is 14.2. The average Bonchev–Trinajstić information content (AvgIpc) is 2.55. The standard InChI is InChI=1S/C20H25N/c1-2-3-12-19-15-14-18-11-7-8-13-20(18)21(19)16-17-9-5-4-6-10-17/h4-11,13,19H,2-3,12,14-16H2,1H3. The smallest absolute Gasteiger partial charge is 0.0432 e. The number of benzene rings is 2. The Morgan fingerprint density at radius 1 is 1.00 bits per heavy atom. The van der Waals surface area contributed by atoms with Gasteiger partial charge in [0.15, 0.2) is 0 Å². The molecule has 1 aliphatic heterocycles. The van der Waals surface area contributed by atoms with Crippen LogP contribution in [0, 0.1) is 0 Å². The molecule has 2 aromatic rings. The van der Waals surface area contributed by atoms with Crippen molar-refractivity contribution < 1.29 is 0 Å². The van der Waals surface area contributed by atoms with E-state index in [1.807, 2.05) is 0 Å². The van der Waals surface area contributed by atoms with Gasteiger partial charge in [-0.25, -0.2) is 0 Å². The lowest BCUT2D eigenvalue weighted by Gasteiger charge is -2.39. The summed E-state index contributed by atoms with van der Waals surface area (Å²) in [6.45, 7) is 3.32. The second-order valence-electron chi connectivity index (χ2n) is 6.08. The van der Waals surface area contributed by atoms with Crippen LogP contribution in [0.4, 0.5) is 5.69 Å². The van der Waals surface area contributed by atoms with Gasteiger partial charge in [-0.3, -0.25) is 0 Å². The number of rotatable bonds is 5. The number of fused-ring (bicyclic) bond motifs is 1. The molecular weight excluding hydrogens is 254 g/mol. The highest BCUT2D eigenvalue weighted by molar-refractivity contribution is 5.56. The van der Waals surface area contributed by atoms with Gasteiger partial charge in [0.1, 0.15) is 0 Å². The van der Waals surface area contributed by atoms with E-state index in [1.54, 1.807) is 0 Å². The first-order chi connectivity index (χ1) is 10.4. The van der Waals surface area contributed by atoms with Crippen LogP contribution >= 0.6 is 0 Å². The molecule has 0 spiro atoms. The molecule has 0 amide bonds. The fourth-order valence-corrected chi connectivity index (χ4v) is 3.41. The third kappa shape index (κ3) is 3.29. The van der Waals surface area contributed by atoms with Crippen LogP contribution in [0.15, 0.2) is 54.6 Å². The number of aryl methyl sites for hydroxylation is 1. The highest BCUT2D eigenvalue weighted by atomic mass is 15.2. The molecule has 1 unspecified atom stereocenters. The number of hydrogen-bond acceptors (Lipinski definition) is 1. The lowest BCUT2D eigenvalue weighted by Crippen LogP contribution is -2.38. The number of anilines is 1. The molecule has 0 saturated carbocycles. The third-order valence-electron chi connectivity index (χ3n) is 4.58. The van der Waals surface area contributed by atoms with E-state index in [1.165, 1.54) is 48.9 Å². The Balaban J connectivity index is 1.86. The predicted molar refractivity (Wildman–Crippen MR) is 90.7 cm³/mol. The van der Waals surface area contributed by atoms with Gasteiger partial charge in [0.2, 0.25) is 0 Å². The molecule has 0 aliphatic carbocycles. The molecule has 1 aliphatic rings. The van der Waals surface area contributed by atoms with Gasteiger partial charge in [0, 0.05) is 18.3 Å². The largest absolute Gasteiger partial charge is 0.364 e. The molecule has 1 heteroatoms. The van der Waals surface area contributed by atoms with Gasteiger partial charge in [-0.1, -0.05) is 68.3 Å². The molecule has 1 heterocycles. The minimum absolute atomic E-state index is 0.694. The summed E-state index contributed by atoms with van der Waals surface area (Å²) in [5, 5.41) is 0. The fourth-order valence-electron chi connectivity index (χ4n) is 3.41. The van der Waals surface area contributed by atoms with Crippen molar-refractivity contribution in [2.45, 2.75) is 51.6 Å². The molecule has 0 aromatic heterocycles. The average molecular weight is 279 g/mol. The topological polar surface area (TPSA) is 3.24 Å². The van der Waals surface area contributed by atoms with Crippen molar-refractivity contribution in [3.8, 4) is 0 Å². The van der Waals surface area contributed by atoms with Crippen LogP contribution in [0.1, 0.15) is 43.7 Å². The maximum absolute atomic E-state index is 2.64. The van der Waals surface area contributed by atoms with E-state index in [0.717, 1.165) is 6.54 Å².